The van der Waals surface area contributed by atoms with Gasteiger partial charge in [0.2, 0.25) is 0 Å². The fourth-order valence-electron chi connectivity index (χ4n) is 4.10. The van der Waals surface area contributed by atoms with Crippen molar-refractivity contribution in [1.29, 1.82) is 0 Å². The van der Waals surface area contributed by atoms with Crippen molar-refractivity contribution in [3.05, 3.63) is 35.4 Å². The van der Waals surface area contributed by atoms with Gasteiger partial charge in [-0.2, -0.15) is 0 Å². The van der Waals surface area contributed by atoms with E-state index in [1.54, 1.807) is 6.07 Å². The van der Waals surface area contributed by atoms with Crippen molar-refractivity contribution in [2.45, 2.75) is 71.6 Å². The van der Waals surface area contributed by atoms with Gasteiger partial charge in [0.1, 0.15) is 0 Å². The molecule has 1 aromatic carbocycles. The number of benzene rings is 1. The maximum absolute atomic E-state index is 13.4. The lowest BCUT2D eigenvalue weighted by atomic mass is 10.0. The second kappa shape index (κ2) is 12.2. The van der Waals surface area contributed by atoms with Gasteiger partial charge in [0.25, 0.3) is 0 Å². The standard InChI is InChI=1S/C23H39F2N5/c1-17(2)30(18(3)4)12-6-11-27-23(26-5)28-20-9-13-29(14-10-20)16-19-7-8-21(24)22(25)15-19/h7-8,15,17-18,20H,6,9-14,16H2,1-5H3,(H2,26,27,28). The molecule has 170 valence electrons. The fourth-order valence-corrected chi connectivity index (χ4v) is 4.10. The summed E-state index contributed by atoms with van der Waals surface area (Å²) in [7, 11) is 1.81. The van der Waals surface area contributed by atoms with Crippen LogP contribution in [0.4, 0.5) is 8.78 Å². The Kier molecular flexibility index (Phi) is 9.98. The number of aliphatic imine (C=N–C) groups is 1. The summed E-state index contributed by atoms with van der Waals surface area (Å²) >= 11 is 0. The third kappa shape index (κ3) is 7.84. The van der Waals surface area contributed by atoms with E-state index in [4.69, 9.17) is 0 Å². The van der Waals surface area contributed by atoms with Crippen molar-refractivity contribution in [2.75, 3.05) is 33.2 Å². The highest BCUT2D eigenvalue weighted by atomic mass is 19.2. The van der Waals surface area contributed by atoms with E-state index in [1.807, 2.05) is 7.05 Å². The Morgan fingerprint density at radius 1 is 1.13 bits per heavy atom. The van der Waals surface area contributed by atoms with E-state index in [9.17, 15) is 8.78 Å². The predicted octanol–water partition coefficient (Wildman–Crippen LogP) is 3.60. The van der Waals surface area contributed by atoms with Gasteiger partial charge in [0.15, 0.2) is 17.6 Å². The zero-order valence-corrected chi connectivity index (χ0v) is 19.2. The Morgan fingerprint density at radius 3 is 2.37 bits per heavy atom. The zero-order valence-electron chi connectivity index (χ0n) is 19.2. The highest BCUT2D eigenvalue weighted by Crippen LogP contribution is 2.16. The number of halogens is 2. The number of piperidine rings is 1. The Balaban J connectivity index is 1.69. The normalized spacial score (nSPS) is 16.7. The zero-order chi connectivity index (χ0) is 22.1. The third-order valence-electron chi connectivity index (χ3n) is 5.75. The van der Waals surface area contributed by atoms with E-state index < -0.39 is 11.6 Å². The molecule has 1 heterocycles. The quantitative estimate of drug-likeness (QED) is 0.362. The first-order chi connectivity index (χ1) is 14.3. The maximum Gasteiger partial charge on any atom is 0.191 e. The summed E-state index contributed by atoms with van der Waals surface area (Å²) in [4.78, 5) is 9.15. The molecule has 0 aliphatic carbocycles. The van der Waals surface area contributed by atoms with Crippen LogP contribution in [0.1, 0.15) is 52.5 Å². The molecule has 2 rings (SSSR count). The van der Waals surface area contributed by atoms with Gasteiger partial charge < -0.3 is 10.6 Å². The van der Waals surface area contributed by atoms with Crippen LogP contribution >= 0.6 is 0 Å². The summed E-state index contributed by atoms with van der Waals surface area (Å²) in [6.45, 7) is 13.4. The van der Waals surface area contributed by atoms with Gasteiger partial charge in [-0.1, -0.05) is 6.07 Å². The number of likely N-dealkylation sites (tertiary alicyclic amines) is 1. The van der Waals surface area contributed by atoms with Crippen molar-refractivity contribution in [3.8, 4) is 0 Å². The van der Waals surface area contributed by atoms with Gasteiger partial charge in [-0.15, -0.1) is 0 Å². The first-order valence-corrected chi connectivity index (χ1v) is 11.2. The molecule has 0 bridgehead atoms. The summed E-state index contributed by atoms with van der Waals surface area (Å²) in [5.41, 5.74) is 0.814. The van der Waals surface area contributed by atoms with Crippen LogP contribution in [0, 0.1) is 11.6 Å². The van der Waals surface area contributed by atoms with Crippen molar-refractivity contribution >= 4 is 5.96 Å². The minimum absolute atomic E-state index is 0.375. The number of guanidine groups is 1. The van der Waals surface area contributed by atoms with Gasteiger partial charge in [-0.25, -0.2) is 8.78 Å². The lowest BCUT2D eigenvalue weighted by molar-refractivity contribution is 0.173. The van der Waals surface area contributed by atoms with Gasteiger partial charge >= 0.3 is 0 Å². The molecule has 0 aromatic heterocycles. The molecular formula is C23H39F2N5. The summed E-state index contributed by atoms with van der Waals surface area (Å²) in [5.74, 6) is -0.708. The van der Waals surface area contributed by atoms with Crippen LogP contribution in [0.2, 0.25) is 0 Å². The molecule has 0 spiro atoms. The lowest BCUT2D eigenvalue weighted by Gasteiger charge is -2.33. The Bertz CT molecular complexity index is 662. The van der Waals surface area contributed by atoms with Crippen LogP contribution in [0.3, 0.4) is 0 Å². The van der Waals surface area contributed by atoms with Crippen molar-refractivity contribution in [2.24, 2.45) is 4.99 Å². The SMILES string of the molecule is CN=C(NCCCN(C(C)C)C(C)C)NC1CCN(Cc2ccc(F)c(F)c2)CC1. The Labute approximate surface area is 180 Å². The van der Waals surface area contributed by atoms with E-state index in [1.165, 1.54) is 12.1 Å². The van der Waals surface area contributed by atoms with E-state index >= 15 is 0 Å². The van der Waals surface area contributed by atoms with E-state index in [2.05, 4.69) is 53.1 Å². The minimum Gasteiger partial charge on any atom is -0.356 e. The number of nitrogens with zero attached hydrogens (tertiary/aromatic N) is 3. The molecule has 30 heavy (non-hydrogen) atoms. The number of rotatable bonds is 9. The molecule has 5 nitrogen and oxygen atoms in total. The van der Waals surface area contributed by atoms with Crippen LogP contribution in [0.5, 0.6) is 0 Å². The molecule has 1 saturated heterocycles. The van der Waals surface area contributed by atoms with Gasteiger partial charge in [0, 0.05) is 57.9 Å². The summed E-state index contributed by atoms with van der Waals surface area (Å²) < 4.78 is 26.5. The topological polar surface area (TPSA) is 42.9 Å². The monoisotopic (exact) mass is 423 g/mol. The molecule has 0 amide bonds. The largest absolute Gasteiger partial charge is 0.356 e. The number of nitrogens with one attached hydrogen (secondary N) is 2. The van der Waals surface area contributed by atoms with E-state index in [-0.39, 0.29) is 0 Å². The summed E-state index contributed by atoms with van der Waals surface area (Å²) in [6, 6.07) is 5.65. The van der Waals surface area contributed by atoms with E-state index in [0.29, 0.717) is 24.7 Å². The first kappa shape index (κ1) is 24.5. The maximum atomic E-state index is 13.4. The summed E-state index contributed by atoms with van der Waals surface area (Å²) in [5, 5.41) is 6.96. The lowest BCUT2D eigenvalue weighted by Crippen LogP contribution is -2.49. The molecule has 0 unspecified atom stereocenters. The molecule has 2 N–H and O–H groups in total. The van der Waals surface area contributed by atoms with Gasteiger partial charge in [-0.05, 0) is 64.7 Å². The van der Waals surface area contributed by atoms with Crippen LogP contribution in [0.25, 0.3) is 0 Å². The van der Waals surface area contributed by atoms with Crippen molar-refractivity contribution in [3.63, 3.8) is 0 Å². The van der Waals surface area contributed by atoms with Crippen LogP contribution in [-0.2, 0) is 6.54 Å². The average molecular weight is 424 g/mol. The second-order valence-electron chi connectivity index (χ2n) is 8.72. The average Bonchev–Trinajstić information content (AvgIpc) is 2.70. The molecule has 1 fully saturated rings. The van der Waals surface area contributed by atoms with Gasteiger partial charge in [0.05, 0.1) is 0 Å². The third-order valence-corrected chi connectivity index (χ3v) is 5.75. The van der Waals surface area contributed by atoms with Crippen LogP contribution < -0.4 is 10.6 Å². The molecule has 1 aliphatic heterocycles. The molecule has 0 saturated carbocycles. The van der Waals surface area contributed by atoms with Gasteiger partial charge in [-0.3, -0.25) is 14.8 Å². The van der Waals surface area contributed by atoms with E-state index in [0.717, 1.165) is 57.0 Å². The molecule has 1 aliphatic rings. The highest BCUT2D eigenvalue weighted by Gasteiger charge is 2.20. The Morgan fingerprint density at radius 2 is 1.80 bits per heavy atom. The Hall–Kier alpha value is -1.73. The molecule has 7 heteroatoms. The molecule has 0 atom stereocenters. The molecule has 0 radical (unpaired) electrons. The second-order valence-corrected chi connectivity index (χ2v) is 8.72. The minimum atomic E-state index is -0.790. The fraction of sp³-hybridized carbons (Fsp3) is 0.696. The van der Waals surface area contributed by atoms with Crippen LogP contribution in [0.15, 0.2) is 23.2 Å². The highest BCUT2D eigenvalue weighted by molar-refractivity contribution is 5.79. The van der Waals surface area contributed by atoms with Crippen molar-refractivity contribution < 1.29 is 8.78 Å². The number of hydrogen-bond acceptors (Lipinski definition) is 3. The smallest absolute Gasteiger partial charge is 0.191 e. The molecular weight excluding hydrogens is 384 g/mol. The molecule has 1 aromatic rings. The summed E-state index contributed by atoms with van der Waals surface area (Å²) in [6.07, 6.45) is 3.07. The van der Waals surface area contributed by atoms with Crippen molar-refractivity contribution in [1.82, 2.24) is 20.4 Å². The predicted molar refractivity (Wildman–Crippen MR) is 121 cm³/mol. The van der Waals surface area contributed by atoms with Crippen LogP contribution in [-0.4, -0.2) is 67.1 Å². The first-order valence-electron chi connectivity index (χ1n) is 11.2. The number of hydrogen-bond donors (Lipinski definition) is 2.